The van der Waals surface area contributed by atoms with Crippen LogP contribution in [0.1, 0.15) is 11.1 Å². The van der Waals surface area contributed by atoms with Crippen LogP contribution in [0.15, 0.2) is 30.5 Å². The smallest absolute Gasteiger partial charge is 0.232 e. The van der Waals surface area contributed by atoms with Crippen LogP contribution < -0.4 is 9.47 Å². The minimum atomic E-state index is 0.266. The highest BCUT2D eigenvalue weighted by Gasteiger charge is 2.06. The van der Waals surface area contributed by atoms with E-state index in [1.165, 1.54) is 7.11 Å². The van der Waals surface area contributed by atoms with E-state index in [0.29, 0.717) is 27.2 Å². The zero-order chi connectivity index (χ0) is 14.5. The molecule has 4 nitrogen and oxygen atoms in total. The van der Waals surface area contributed by atoms with E-state index in [9.17, 15) is 0 Å². The van der Waals surface area contributed by atoms with Gasteiger partial charge in [0.05, 0.1) is 23.8 Å². The second-order valence-electron chi connectivity index (χ2n) is 3.88. The van der Waals surface area contributed by atoms with Crippen LogP contribution in [0.4, 0.5) is 0 Å². The number of aromatic nitrogens is 1. The molecule has 2 rings (SSSR count). The van der Waals surface area contributed by atoms with Gasteiger partial charge in [0.2, 0.25) is 5.88 Å². The molecule has 0 spiro atoms. The molecule has 1 aromatic carbocycles. The molecule has 1 aromatic heterocycles. The molecule has 102 valence electrons. The Morgan fingerprint density at radius 1 is 1.25 bits per heavy atom. The van der Waals surface area contributed by atoms with Crippen molar-refractivity contribution in [2.24, 2.45) is 0 Å². The topological polar surface area (TPSA) is 55.1 Å². The van der Waals surface area contributed by atoms with Crippen LogP contribution in [-0.2, 0) is 6.61 Å². The molecule has 2 aromatic rings. The zero-order valence-electron chi connectivity index (χ0n) is 10.6. The summed E-state index contributed by atoms with van der Waals surface area (Å²) in [4.78, 5) is 4.05. The van der Waals surface area contributed by atoms with Crippen molar-refractivity contribution in [3.05, 3.63) is 51.6 Å². The Balaban J connectivity index is 2.09. The maximum atomic E-state index is 8.76. The summed E-state index contributed by atoms with van der Waals surface area (Å²) in [5.74, 6) is 0.865. The van der Waals surface area contributed by atoms with Crippen molar-refractivity contribution < 1.29 is 9.47 Å². The van der Waals surface area contributed by atoms with E-state index in [1.54, 1.807) is 30.5 Å². The highest BCUT2D eigenvalue weighted by molar-refractivity contribution is 6.32. The number of pyridine rings is 1. The number of methoxy groups -OCH3 is 1. The van der Waals surface area contributed by atoms with Crippen molar-refractivity contribution >= 4 is 23.2 Å². The van der Waals surface area contributed by atoms with Crippen LogP contribution >= 0.6 is 23.2 Å². The first-order valence-corrected chi connectivity index (χ1v) is 6.40. The van der Waals surface area contributed by atoms with Crippen molar-refractivity contribution in [1.82, 2.24) is 4.98 Å². The zero-order valence-corrected chi connectivity index (χ0v) is 12.1. The van der Waals surface area contributed by atoms with Crippen molar-refractivity contribution in [2.45, 2.75) is 6.61 Å². The van der Waals surface area contributed by atoms with Crippen LogP contribution in [0.2, 0.25) is 10.0 Å². The third kappa shape index (κ3) is 3.32. The Morgan fingerprint density at radius 3 is 2.65 bits per heavy atom. The Kier molecular flexibility index (Phi) is 4.67. The summed E-state index contributed by atoms with van der Waals surface area (Å²) in [7, 11) is 1.50. The summed E-state index contributed by atoms with van der Waals surface area (Å²) in [6.07, 6.45) is 1.61. The van der Waals surface area contributed by atoms with Gasteiger partial charge >= 0.3 is 0 Å². The van der Waals surface area contributed by atoms with Crippen LogP contribution in [0.25, 0.3) is 0 Å². The maximum absolute atomic E-state index is 8.76. The Labute approximate surface area is 126 Å². The Bertz CT molecular complexity index is 669. The van der Waals surface area contributed by atoms with Gasteiger partial charge in [0, 0.05) is 11.8 Å². The lowest BCUT2D eigenvalue weighted by atomic mass is 10.2. The summed E-state index contributed by atoms with van der Waals surface area (Å²) >= 11 is 12.0. The monoisotopic (exact) mass is 308 g/mol. The molecule has 0 unspecified atom stereocenters. The fourth-order valence-electron chi connectivity index (χ4n) is 1.54. The molecule has 0 radical (unpaired) electrons. The van der Waals surface area contributed by atoms with Crippen LogP contribution in [0.3, 0.4) is 0 Å². The van der Waals surface area contributed by atoms with E-state index in [0.717, 1.165) is 5.56 Å². The lowest BCUT2D eigenvalue weighted by molar-refractivity contribution is 0.305. The number of benzene rings is 1. The molecule has 0 N–H and O–H groups in total. The molecule has 0 bridgehead atoms. The van der Waals surface area contributed by atoms with Crippen molar-refractivity contribution in [3.63, 3.8) is 0 Å². The number of hydrogen-bond acceptors (Lipinski definition) is 4. The molecular weight excluding hydrogens is 299 g/mol. The summed E-state index contributed by atoms with van der Waals surface area (Å²) in [5.41, 5.74) is 1.27. The summed E-state index contributed by atoms with van der Waals surface area (Å²) in [6, 6.07) is 8.56. The predicted octanol–water partition coefficient (Wildman–Crippen LogP) is 3.85. The van der Waals surface area contributed by atoms with Gasteiger partial charge in [-0.05, 0) is 24.3 Å². The third-order valence-electron chi connectivity index (χ3n) is 2.51. The molecule has 0 saturated heterocycles. The minimum absolute atomic E-state index is 0.266. The molecule has 6 heteroatoms. The van der Waals surface area contributed by atoms with E-state index in [4.69, 9.17) is 37.9 Å². The third-order valence-corrected chi connectivity index (χ3v) is 3.08. The number of ether oxygens (including phenoxy) is 2. The van der Waals surface area contributed by atoms with Gasteiger partial charge in [0.15, 0.2) is 0 Å². The van der Waals surface area contributed by atoms with Gasteiger partial charge < -0.3 is 9.47 Å². The molecule has 0 amide bonds. The van der Waals surface area contributed by atoms with E-state index in [2.05, 4.69) is 4.98 Å². The largest absolute Gasteiger partial charge is 0.487 e. The van der Waals surface area contributed by atoms with Gasteiger partial charge in [-0.3, -0.25) is 0 Å². The fraction of sp³-hybridized carbons (Fsp3) is 0.143. The molecule has 20 heavy (non-hydrogen) atoms. The van der Waals surface area contributed by atoms with E-state index in [-0.39, 0.29) is 6.61 Å². The number of nitrogens with zero attached hydrogens (tertiary/aromatic N) is 2. The second kappa shape index (κ2) is 6.47. The van der Waals surface area contributed by atoms with E-state index >= 15 is 0 Å². The normalized spacial score (nSPS) is 9.90. The molecule has 0 aliphatic rings. The summed E-state index contributed by atoms with van der Waals surface area (Å²) < 4.78 is 10.5. The first-order chi connectivity index (χ1) is 9.63. The highest BCUT2D eigenvalue weighted by Crippen LogP contribution is 2.27. The van der Waals surface area contributed by atoms with Gasteiger partial charge in [-0.2, -0.15) is 5.26 Å². The molecular formula is C14H10Cl2N2O2. The molecule has 0 aliphatic carbocycles. The molecule has 0 atom stereocenters. The molecule has 0 aliphatic heterocycles. The SMILES string of the molecule is COc1ncc(COc2ccc(C#N)cc2Cl)cc1Cl. The lowest BCUT2D eigenvalue weighted by Crippen LogP contribution is -1.98. The Hall–Kier alpha value is -1.96. The van der Waals surface area contributed by atoms with E-state index in [1.807, 2.05) is 6.07 Å². The average molecular weight is 309 g/mol. The van der Waals surface area contributed by atoms with Gasteiger partial charge in [-0.25, -0.2) is 4.98 Å². The summed E-state index contributed by atoms with van der Waals surface area (Å²) in [6.45, 7) is 0.266. The first-order valence-electron chi connectivity index (χ1n) is 5.65. The van der Waals surface area contributed by atoms with Crippen molar-refractivity contribution in [2.75, 3.05) is 7.11 Å². The van der Waals surface area contributed by atoms with Gasteiger partial charge in [0.1, 0.15) is 17.4 Å². The number of nitriles is 1. The standard InChI is InChI=1S/C14H10Cl2N2O2/c1-19-14-12(16)5-10(7-18-14)8-20-13-3-2-9(6-17)4-11(13)15/h2-5,7H,8H2,1H3. The molecule has 0 fully saturated rings. The van der Waals surface area contributed by atoms with Gasteiger partial charge in [-0.15, -0.1) is 0 Å². The van der Waals surface area contributed by atoms with E-state index < -0.39 is 0 Å². The fourth-order valence-corrected chi connectivity index (χ4v) is 2.04. The molecule has 0 saturated carbocycles. The number of hydrogen-bond donors (Lipinski definition) is 0. The van der Waals surface area contributed by atoms with Crippen molar-refractivity contribution in [1.29, 1.82) is 5.26 Å². The average Bonchev–Trinajstić information content (AvgIpc) is 2.46. The first kappa shape index (κ1) is 14.4. The lowest BCUT2D eigenvalue weighted by Gasteiger charge is -2.09. The Morgan fingerprint density at radius 2 is 2.05 bits per heavy atom. The maximum Gasteiger partial charge on any atom is 0.232 e. The van der Waals surface area contributed by atoms with Gasteiger partial charge in [-0.1, -0.05) is 23.2 Å². The highest BCUT2D eigenvalue weighted by atomic mass is 35.5. The predicted molar refractivity (Wildman–Crippen MR) is 76.3 cm³/mol. The minimum Gasteiger partial charge on any atom is -0.487 e. The van der Waals surface area contributed by atoms with Crippen LogP contribution in [0, 0.1) is 11.3 Å². The quantitative estimate of drug-likeness (QED) is 0.861. The summed E-state index contributed by atoms with van der Waals surface area (Å²) in [5, 5.41) is 9.56. The van der Waals surface area contributed by atoms with Gasteiger partial charge in [0.25, 0.3) is 0 Å². The second-order valence-corrected chi connectivity index (χ2v) is 4.69. The number of rotatable bonds is 4. The van der Waals surface area contributed by atoms with Crippen LogP contribution in [0.5, 0.6) is 11.6 Å². The molecule has 1 heterocycles. The number of halogens is 2. The van der Waals surface area contributed by atoms with Crippen molar-refractivity contribution in [3.8, 4) is 17.7 Å². The van der Waals surface area contributed by atoms with Crippen LogP contribution in [-0.4, -0.2) is 12.1 Å².